The van der Waals surface area contributed by atoms with Crippen LogP contribution in [0.15, 0.2) is 30.6 Å². The van der Waals surface area contributed by atoms with E-state index in [1.807, 2.05) is 0 Å². The number of hydrogen-bond acceptors (Lipinski definition) is 10. The zero-order valence-electron chi connectivity index (χ0n) is 20.9. The molecule has 0 aliphatic carbocycles. The molecule has 1 saturated heterocycles. The van der Waals surface area contributed by atoms with E-state index in [9.17, 15) is 8.42 Å². The fourth-order valence-electron chi connectivity index (χ4n) is 4.20. The van der Waals surface area contributed by atoms with Crippen LogP contribution in [0.4, 0.5) is 5.95 Å². The topological polar surface area (TPSA) is 140 Å². The molecule has 0 spiro atoms. The number of hydrogen-bond donors (Lipinski definition) is 1. The highest BCUT2D eigenvalue weighted by Crippen LogP contribution is 2.38. The Labute approximate surface area is 220 Å². The first kappa shape index (κ1) is 27.0. The third-order valence-corrected chi connectivity index (χ3v) is 8.03. The predicted molar refractivity (Wildman–Crippen MR) is 136 cm³/mol. The number of nitrogens with one attached hydrogen (secondary N) is 1. The molecule has 1 unspecified atom stereocenters. The minimum absolute atomic E-state index is 0.0258. The number of aromatic nitrogens is 5. The van der Waals surface area contributed by atoms with Crippen LogP contribution in [0.25, 0.3) is 5.69 Å². The van der Waals surface area contributed by atoms with Crippen molar-refractivity contribution in [2.75, 3.05) is 39.3 Å². The summed E-state index contributed by atoms with van der Waals surface area (Å²) in [5, 5.41) is 7.81. The highest BCUT2D eigenvalue weighted by molar-refractivity contribution is 7.93. The SMILES string of the molecule is COc1cccc(OC)c1-n1c(NS(=O)(=O)[C@@H](C)[C@H](OC)c2ncc(Cl)cn2)nnc1C1CCCOC1. The molecule has 1 fully saturated rings. The minimum atomic E-state index is -4.09. The molecular formula is C23H29ClN6O6S. The van der Waals surface area contributed by atoms with Crippen molar-refractivity contribution in [3.8, 4) is 17.2 Å². The zero-order chi connectivity index (χ0) is 26.6. The molecule has 3 aromatic rings. The Morgan fingerprint density at radius 1 is 1.14 bits per heavy atom. The molecule has 0 radical (unpaired) electrons. The molecular weight excluding hydrogens is 524 g/mol. The van der Waals surface area contributed by atoms with Crippen LogP contribution in [0, 0.1) is 0 Å². The van der Waals surface area contributed by atoms with Gasteiger partial charge in [-0.15, -0.1) is 10.2 Å². The average Bonchev–Trinajstić information content (AvgIpc) is 3.32. The Morgan fingerprint density at radius 3 is 2.38 bits per heavy atom. The van der Waals surface area contributed by atoms with E-state index in [1.54, 1.807) is 22.8 Å². The van der Waals surface area contributed by atoms with E-state index in [2.05, 4.69) is 24.9 Å². The number of methoxy groups -OCH3 is 3. The summed E-state index contributed by atoms with van der Waals surface area (Å²) in [6.45, 7) is 2.58. The lowest BCUT2D eigenvalue weighted by Crippen LogP contribution is -2.33. The molecule has 0 saturated carbocycles. The number of anilines is 1. The summed E-state index contributed by atoms with van der Waals surface area (Å²) < 4.78 is 53.7. The number of para-hydroxylation sites is 1. The van der Waals surface area contributed by atoms with Crippen LogP contribution < -0.4 is 14.2 Å². The second-order valence-electron chi connectivity index (χ2n) is 8.41. The zero-order valence-corrected chi connectivity index (χ0v) is 22.5. The van der Waals surface area contributed by atoms with Gasteiger partial charge in [0.2, 0.25) is 16.0 Å². The Bertz CT molecular complexity index is 1290. The summed E-state index contributed by atoms with van der Waals surface area (Å²) in [7, 11) is 0.335. The quantitative estimate of drug-likeness (QED) is 0.399. The molecule has 200 valence electrons. The molecule has 3 heterocycles. The monoisotopic (exact) mass is 552 g/mol. The second-order valence-corrected chi connectivity index (χ2v) is 10.9. The van der Waals surface area contributed by atoms with Crippen LogP contribution in [-0.2, 0) is 19.5 Å². The lowest BCUT2D eigenvalue weighted by Gasteiger charge is -2.25. The summed E-state index contributed by atoms with van der Waals surface area (Å²) in [6, 6.07) is 5.27. The summed E-state index contributed by atoms with van der Waals surface area (Å²) in [5.41, 5.74) is 0.466. The summed E-state index contributed by atoms with van der Waals surface area (Å²) >= 11 is 5.88. The number of halogens is 1. The van der Waals surface area contributed by atoms with Crippen molar-refractivity contribution in [1.29, 1.82) is 0 Å². The molecule has 14 heteroatoms. The van der Waals surface area contributed by atoms with Crippen LogP contribution >= 0.6 is 11.6 Å². The van der Waals surface area contributed by atoms with Crippen LogP contribution in [0.2, 0.25) is 5.02 Å². The number of nitrogens with zero attached hydrogens (tertiary/aromatic N) is 5. The second kappa shape index (κ2) is 11.6. The Kier molecular flexibility index (Phi) is 8.47. The van der Waals surface area contributed by atoms with Crippen LogP contribution in [-0.4, -0.2) is 72.9 Å². The van der Waals surface area contributed by atoms with Crippen LogP contribution in [0.5, 0.6) is 11.5 Å². The number of benzene rings is 1. The van der Waals surface area contributed by atoms with Crippen molar-refractivity contribution >= 4 is 27.6 Å². The highest BCUT2D eigenvalue weighted by atomic mass is 35.5. The summed E-state index contributed by atoms with van der Waals surface area (Å²) in [4.78, 5) is 8.25. The molecule has 0 amide bonds. The van der Waals surface area contributed by atoms with Gasteiger partial charge in [-0.05, 0) is 31.9 Å². The molecule has 37 heavy (non-hydrogen) atoms. The van der Waals surface area contributed by atoms with Gasteiger partial charge in [-0.3, -0.25) is 9.29 Å². The number of sulfonamides is 1. The van der Waals surface area contributed by atoms with Crippen molar-refractivity contribution in [3.63, 3.8) is 0 Å². The van der Waals surface area contributed by atoms with Gasteiger partial charge >= 0.3 is 0 Å². The molecule has 4 rings (SSSR count). The van der Waals surface area contributed by atoms with Crippen molar-refractivity contribution in [2.24, 2.45) is 0 Å². The summed E-state index contributed by atoms with van der Waals surface area (Å²) in [6.07, 6.45) is 3.43. The molecule has 2 aromatic heterocycles. The standard InChI is InChI=1S/C23H29ClN6O6S/c1-14(20(35-4)21-25-11-16(24)12-26-21)37(31,32)29-23-28-27-22(15-7-6-10-36-13-15)30(23)19-17(33-2)8-5-9-18(19)34-3/h5,8-9,11-12,14-15,20H,6-7,10,13H2,1-4H3,(H,28,29)/t14-,15?,20-/m0/s1. The maximum atomic E-state index is 13.6. The molecule has 1 N–H and O–H groups in total. The van der Waals surface area contributed by atoms with Crippen molar-refractivity contribution in [2.45, 2.75) is 37.0 Å². The third kappa shape index (κ3) is 5.64. The van der Waals surface area contributed by atoms with Gasteiger partial charge in [-0.2, -0.15) is 0 Å². The molecule has 1 aliphatic heterocycles. The first-order valence-corrected chi connectivity index (χ1v) is 13.5. The van der Waals surface area contributed by atoms with Crippen molar-refractivity contribution in [3.05, 3.63) is 47.3 Å². The highest BCUT2D eigenvalue weighted by Gasteiger charge is 2.36. The van der Waals surface area contributed by atoms with E-state index < -0.39 is 21.4 Å². The van der Waals surface area contributed by atoms with Crippen molar-refractivity contribution < 1.29 is 27.4 Å². The van der Waals surface area contributed by atoms with E-state index in [4.69, 9.17) is 30.5 Å². The molecule has 0 bridgehead atoms. The third-order valence-electron chi connectivity index (χ3n) is 6.14. The number of ether oxygens (including phenoxy) is 4. The van der Waals surface area contributed by atoms with Gasteiger partial charge in [-0.1, -0.05) is 17.7 Å². The first-order valence-electron chi connectivity index (χ1n) is 11.6. The minimum Gasteiger partial charge on any atom is -0.494 e. The Morgan fingerprint density at radius 2 is 1.81 bits per heavy atom. The van der Waals surface area contributed by atoms with Gasteiger partial charge in [0.25, 0.3) is 0 Å². The van der Waals surface area contributed by atoms with Gasteiger partial charge < -0.3 is 18.9 Å². The van der Waals surface area contributed by atoms with Crippen molar-refractivity contribution in [1.82, 2.24) is 24.7 Å². The Hall–Kier alpha value is -3.00. The van der Waals surface area contributed by atoms with Gasteiger partial charge in [0, 0.05) is 32.0 Å². The lowest BCUT2D eigenvalue weighted by molar-refractivity contribution is 0.0775. The molecule has 1 aromatic carbocycles. The average molecular weight is 553 g/mol. The lowest BCUT2D eigenvalue weighted by atomic mass is 10.0. The maximum Gasteiger partial charge on any atom is 0.243 e. The van der Waals surface area contributed by atoms with Gasteiger partial charge in [-0.25, -0.2) is 18.4 Å². The van der Waals surface area contributed by atoms with Gasteiger partial charge in [0.1, 0.15) is 34.4 Å². The van der Waals surface area contributed by atoms with Crippen LogP contribution in [0.3, 0.4) is 0 Å². The van der Waals surface area contributed by atoms with E-state index in [0.29, 0.717) is 41.2 Å². The fraction of sp³-hybridized carbons (Fsp3) is 0.478. The largest absolute Gasteiger partial charge is 0.494 e. The van der Waals surface area contributed by atoms with E-state index in [1.165, 1.54) is 40.6 Å². The van der Waals surface area contributed by atoms with Gasteiger partial charge in [0.05, 0.1) is 25.8 Å². The van der Waals surface area contributed by atoms with Gasteiger partial charge in [0.15, 0.2) is 5.82 Å². The van der Waals surface area contributed by atoms with Crippen LogP contribution in [0.1, 0.15) is 43.4 Å². The van der Waals surface area contributed by atoms with E-state index >= 15 is 0 Å². The predicted octanol–water partition coefficient (Wildman–Crippen LogP) is 3.14. The fourth-order valence-corrected chi connectivity index (χ4v) is 5.43. The summed E-state index contributed by atoms with van der Waals surface area (Å²) in [5.74, 6) is 1.47. The van der Waals surface area contributed by atoms with E-state index in [-0.39, 0.29) is 17.7 Å². The molecule has 1 aliphatic rings. The smallest absolute Gasteiger partial charge is 0.243 e. The normalized spacial score (nSPS) is 17.7. The Balaban J connectivity index is 1.78. The first-order chi connectivity index (χ1) is 17.8. The van der Waals surface area contributed by atoms with E-state index in [0.717, 1.165) is 12.8 Å². The number of rotatable bonds is 10. The maximum absolute atomic E-state index is 13.6. The molecule has 3 atom stereocenters. The molecule has 12 nitrogen and oxygen atoms in total.